The van der Waals surface area contributed by atoms with Crippen molar-refractivity contribution in [3.05, 3.63) is 70.2 Å². The number of anilines is 4. The third-order valence-electron chi connectivity index (χ3n) is 3.77. The Hall–Kier alpha value is -3.55. The molecule has 25 heavy (non-hydrogen) atoms. The first-order valence-corrected chi connectivity index (χ1v) is 7.57. The molecular formula is C17H16N6O2. The molecule has 0 amide bonds. The molecule has 0 bridgehead atoms. The van der Waals surface area contributed by atoms with Crippen LogP contribution in [0.3, 0.4) is 0 Å². The van der Waals surface area contributed by atoms with Gasteiger partial charge in [0.1, 0.15) is 12.1 Å². The molecule has 0 aliphatic heterocycles. The van der Waals surface area contributed by atoms with Gasteiger partial charge in [-0.05, 0) is 43.2 Å². The van der Waals surface area contributed by atoms with Crippen LogP contribution in [0.25, 0.3) is 0 Å². The number of hydrogen-bond acceptors (Lipinski definition) is 7. The highest BCUT2D eigenvalue weighted by molar-refractivity contribution is 5.77. The summed E-state index contributed by atoms with van der Waals surface area (Å²) in [7, 11) is 0. The van der Waals surface area contributed by atoms with Crippen LogP contribution in [0.4, 0.5) is 28.8 Å². The van der Waals surface area contributed by atoms with Gasteiger partial charge in [0.2, 0.25) is 11.6 Å². The van der Waals surface area contributed by atoms with Gasteiger partial charge in [-0.1, -0.05) is 18.2 Å². The monoisotopic (exact) mass is 336 g/mol. The maximum atomic E-state index is 11.6. The molecule has 3 rings (SSSR count). The largest absolute Gasteiger partial charge is 0.353 e. The van der Waals surface area contributed by atoms with Crippen molar-refractivity contribution in [2.75, 3.05) is 10.6 Å². The molecule has 2 heterocycles. The van der Waals surface area contributed by atoms with E-state index in [0.717, 1.165) is 16.8 Å². The molecular weight excluding hydrogens is 320 g/mol. The van der Waals surface area contributed by atoms with Crippen LogP contribution in [0.15, 0.2) is 48.9 Å². The summed E-state index contributed by atoms with van der Waals surface area (Å²) >= 11 is 0. The summed E-state index contributed by atoms with van der Waals surface area (Å²) in [5, 5.41) is 17.5. The number of nitrogens with zero attached hydrogens (tertiary/aromatic N) is 4. The van der Waals surface area contributed by atoms with E-state index in [2.05, 4.69) is 25.6 Å². The first-order valence-electron chi connectivity index (χ1n) is 7.57. The molecule has 0 saturated heterocycles. The minimum absolute atomic E-state index is 0.0755. The summed E-state index contributed by atoms with van der Waals surface area (Å²) in [5.41, 5.74) is 2.59. The Kier molecular flexibility index (Phi) is 4.51. The molecule has 0 spiro atoms. The van der Waals surface area contributed by atoms with Gasteiger partial charge in [0.15, 0.2) is 0 Å². The van der Waals surface area contributed by atoms with Crippen LogP contribution >= 0.6 is 0 Å². The zero-order valence-corrected chi connectivity index (χ0v) is 13.7. The molecule has 2 N–H and O–H groups in total. The van der Waals surface area contributed by atoms with E-state index in [-0.39, 0.29) is 17.3 Å². The van der Waals surface area contributed by atoms with Crippen LogP contribution in [0.5, 0.6) is 0 Å². The highest BCUT2D eigenvalue weighted by atomic mass is 16.6. The zero-order chi connectivity index (χ0) is 17.8. The lowest BCUT2D eigenvalue weighted by Crippen LogP contribution is -2.06. The minimum atomic E-state index is -0.515. The highest BCUT2D eigenvalue weighted by Gasteiger charge is 2.24. The summed E-state index contributed by atoms with van der Waals surface area (Å²) in [6, 6.07) is 10.9. The van der Waals surface area contributed by atoms with E-state index in [0.29, 0.717) is 5.82 Å². The second kappa shape index (κ2) is 6.91. The van der Waals surface area contributed by atoms with E-state index in [9.17, 15) is 10.1 Å². The SMILES string of the molecule is Cc1cccc(Nc2ncnc(Nc3ccccn3)c2[N+](=O)[O-])c1C. The first kappa shape index (κ1) is 16.3. The fourth-order valence-electron chi connectivity index (χ4n) is 2.31. The molecule has 2 aromatic heterocycles. The fraction of sp³-hybridized carbons (Fsp3) is 0.118. The predicted molar refractivity (Wildman–Crippen MR) is 95.4 cm³/mol. The second-order valence-electron chi connectivity index (χ2n) is 5.39. The quantitative estimate of drug-likeness (QED) is 0.538. The van der Waals surface area contributed by atoms with Gasteiger partial charge in [-0.3, -0.25) is 10.1 Å². The van der Waals surface area contributed by atoms with Gasteiger partial charge in [-0.25, -0.2) is 15.0 Å². The van der Waals surface area contributed by atoms with Gasteiger partial charge in [0.25, 0.3) is 0 Å². The first-order chi connectivity index (χ1) is 12.1. The van der Waals surface area contributed by atoms with E-state index in [1.165, 1.54) is 6.33 Å². The number of hydrogen-bond donors (Lipinski definition) is 2. The highest BCUT2D eigenvalue weighted by Crippen LogP contribution is 2.33. The van der Waals surface area contributed by atoms with Gasteiger partial charge >= 0.3 is 5.69 Å². The van der Waals surface area contributed by atoms with E-state index in [4.69, 9.17) is 0 Å². The number of nitrogens with one attached hydrogen (secondary N) is 2. The summed E-state index contributed by atoms with van der Waals surface area (Å²) in [4.78, 5) is 23.2. The maximum absolute atomic E-state index is 11.6. The number of benzene rings is 1. The molecule has 0 radical (unpaired) electrons. The van der Waals surface area contributed by atoms with Gasteiger partial charge in [-0.15, -0.1) is 0 Å². The summed E-state index contributed by atoms with van der Waals surface area (Å²) in [5.74, 6) is 0.653. The molecule has 0 atom stereocenters. The molecule has 8 heteroatoms. The van der Waals surface area contributed by atoms with Crippen LogP contribution < -0.4 is 10.6 Å². The maximum Gasteiger partial charge on any atom is 0.353 e. The van der Waals surface area contributed by atoms with Crippen molar-refractivity contribution in [1.82, 2.24) is 15.0 Å². The Bertz CT molecular complexity index is 914. The Morgan fingerprint density at radius 2 is 1.72 bits per heavy atom. The van der Waals surface area contributed by atoms with Crippen LogP contribution in [0.1, 0.15) is 11.1 Å². The van der Waals surface area contributed by atoms with Gasteiger partial charge in [0, 0.05) is 11.9 Å². The number of rotatable bonds is 5. The molecule has 0 aliphatic carbocycles. The van der Waals surface area contributed by atoms with Gasteiger partial charge < -0.3 is 10.6 Å². The smallest absolute Gasteiger partial charge is 0.334 e. The Morgan fingerprint density at radius 1 is 0.960 bits per heavy atom. The van der Waals surface area contributed by atoms with E-state index in [1.54, 1.807) is 24.4 Å². The number of pyridine rings is 1. The molecule has 126 valence electrons. The lowest BCUT2D eigenvalue weighted by Gasteiger charge is -2.12. The molecule has 0 aliphatic rings. The normalized spacial score (nSPS) is 10.3. The standard InChI is InChI=1S/C17H16N6O2/c1-11-6-5-7-13(12(11)2)21-16-15(23(24)25)17(20-10-19-16)22-14-8-3-4-9-18-14/h3-10H,1-2H3,(H2,18,19,20,21,22). The molecule has 1 aromatic carbocycles. The van der Waals surface area contributed by atoms with Crippen molar-refractivity contribution < 1.29 is 4.92 Å². The van der Waals surface area contributed by atoms with Crippen molar-refractivity contribution in [2.45, 2.75) is 13.8 Å². The van der Waals surface area contributed by atoms with Crippen molar-refractivity contribution >= 4 is 28.8 Å². The number of aromatic nitrogens is 3. The fourth-order valence-corrected chi connectivity index (χ4v) is 2.31. The van der Waals surface area contributed by atoms with Crippen LogP contribution in [-0.4, -0.2) is 19.9 Å². The van der Waals surface area contributed by atoms with Crippen LogP contribution in [-0.2, 0) is 0 Å². The minimum Gasteiger partial charge on any atom is -0.334 e. The zero-order valence-electron chi connectivity index (χ0n) is 13.7. The van der Waals surface area contributed by atoms with Crippen LogP contribution in [0, 0.1) is 24.0 Å². The Morgan fingerprint density at radius 3 is 2.40 bits per heavy atom. The Balaban J connectivity index is 2.01. The molecule has 0 unspecified atom stereocenters. The second-order valence-corrected chi connectivity index (χ2v) is 5.39. The van der Waals surface area contributed by atoms with E-state index >= 15 is 0 Å². The lowest BCUT2D eigenvalue weighted by molar-refractivity contribution is -0.383. The predicted octanol–water partition coefficient (Wildman–Crippen LogP) is 3.88. The Labute approximate surface area is 144 Å². The van der Waals surface area contributed by atoms with E-state index in [1.807, 2.05) is 32.0 Å². The third-order valence-corrected chi connectivity index (χ3v) is 3.77. The topological polar surface area (TPSA) is 106 Å². The van der Waals surface area contributed by atoms with Crippen molar-refractivity contribution in [2.24, 2.45) is 0 Å². The van der Waals surface area contributed by atoms with E-state index < -0.39 is 4.92 Å². The van der Waals surface area contributed by atoms with Crippen LogP contribution in [0.2, 0.25) is 0 Å². The van der Waals surface area contributed by atoms with Crippen molar-refractivity contribution in [1.29, 1.82) is 0 Å². The van der Waals surface area contributed by atoms with Crippen molar-refractivity contribution in [3.63, 3.8) is 0 Å². The molecule has 0 fully saturated rings. The summed E-state index contributed by atoms with van der Waals surface area (Å²) in [6.07, 6.45) is 2.86. The third kappa shape index (κ3) is 3.52. The summed E-state index contributed by atoms with van der Waals surface area (Å²) < 4.78 is 0. The lowest BCUT2D eigenvalue weighted by atomic mass is 10.1. The van der Waals surface area contributed by atoms with Gasteiger partial charge in [0.05, 0.1) is 4.92 Å². The van der Waals surface area contributed by atoms with Gasteiger partial charge in [-0.2, -0.15) is 0 Å². The number of aryl methyl sites for hydroxylation is 1. The molecule has 0 saturated carbocycles. The molecule has 3 aromatic rings. The summed E-state index contributed by atoms with van der Waals surface area (Å²) in [6.45, 7) is 3.92. The average Bonchev–Trinajstić information content (AvgIpc) is 2.60. The molecule has 8 nitrogen and oxygen atoms in total. The number of nitro groups is 1. The van der Waals surface area contributed by atoms with Crippen molar-refractivity contribution in [3.8, 4) is 0 Å². The average molecular weight is 336 g/mol.